The number of rotatable bonds is 8. The second-order valence-electron chi connectivity index (χ2n) is 15.6. The molecule has 2 aliphatic carbocycles. The maximum atomic E-state index is 12.2. The van der Waals surface area contributed by atoms with Gasteiger partial charge in [-0.1, -0.05) is 92.7 Å². The summed E-state index contributed by atoms with van der Waals surface area (Å²) in [5, 5.41) is 12.3. The molecular weight excluding hydrogens is 506 g/mol. The molecule has 3 nitrogen and oxygen atoms in total. The Hall–Kier alpha value is -1.75. The molecule has 2 aliphatic rings. The number of allylic oxidation sites excluding steroid dienone is 2. The van der Waals surface area contributed by atoms with Gasteiger partial charge in [0.2, 0.25) is 0 Å². The zero-order valence-corrected chi connectivity index (χ0v) is 28.2. The van der Waals surface area contributed by atoms with E-state index in [4.69, 9.17) is 9.41 Å². The Morgan fingerprint density at radius 2 is 1.73 bits per heavy atom. The molecule has 0 saturated carbocycles. The molecule has 40 heavy (non-hydrogen) atoms. The third-order valence-corrected chi connectivity index (χ3v) is 13.9. The van der Waals surface area contributed by atoms with E-state index in [0.717, 1.165) is 48.9 Å². The Balaban J connectivity index is 1.96. The minimum absolute atomic E-state index is 0.00998. The highest BCUT2D eigenvalue weighted by atomic mass is 28.4. The summed E-state index contributed by atoms with van der Waals surface area (Å²) in [4.78, 5) is 5.43. The molecule has 0 saturated heterocycles. The van der Waals surface area contributed by atoms with E-state index in [2.05, 4.69) is 106 Å². The summed E-state index contributed by atoms with van der Waals surface area (Å²) in [5.41, 5.74) is 9.54. The molecule has 0 spiro atoms. The van der Waals surface area contributed by atoms with Crippen LogP contribution >= 0.6 is 0 Å². The van der Waals surface area contributed by atoms with E-state index in [-0.39, 0.29) is 22.5 Å². The molecule has 0 fully saturated rings. The zero-order valence-electron chi connectivity index (χ0n) is 27.2. The van der Waals surface area contributed by atoms with Crippen LogP contribution in [-0.4, -0.2) is 18.4 Å². The van der Waals surface area contributed by atoms with Crippen molar-refractivity contribution in [1.29, 1.82) is 0 Å². The van der Waals surface area contributed by atoms with Gasteiger partial charge in [0, 0.05) is 22.5 Å². The largest absolute Gasteiger partial charge is 0.410 e. The molecule has 1 unspecified atom stereocenters. The second-order valence-corrected chi connectivity index (χ2v) is 20.3. The van der Waals surface area contributed by atoms with Crippen molar-refractivity contribution in [3.8, 4) is 0 Å². The SMILES string of the molecule is CC(C)Cc1ccc([C@@H](O)c2c(C(C)C)nc3c(c2C2=CCCC2)C(O[Si](C)(C)C(C)(C)C)CC(C)(C)C3)cc1. The van der Waals surface area contributed by atoms with Gasteiger partial charge < -0.3 is 9.53 Å². The van der Waals surface area contributed by atoms with Gasteiger partial charge >= 0.3 is 0 Å². The predicted molar refractivity (Wildman–Crippen MR) is 172 cm³/mol. The van der Waals surface area contributed by atoms with Crippen LogP contribution in [-0.2, 0) is 17.3 Å². The van der Waals surface area contributed by atoms with Crippen LogP contribution in [0.1, 0.15) is 145 Å². The first-order chi connectivity index (χ1) is 18.5. The topological polar surface area (TPSA) is 42.4 Å². The molecule has 0 amide bonds. The lowest BCUT2D eigenvalue weighted by Gasteiger charge is -2.45. The number of pyridine rings is 1. The molecule has 0 radical (unpaired) electrons. The number of aromatic nitrogens is 1. The summed E-state index contributed by atoms with van der Waals surface area (Å²) < 4.78 is 7.29. The smallest absolute Gasteiger partial charge is 0.192 e. The van der Waals surface area contributed by atoms with Crippen LogP contribution in [0.2, 0.25) is 18.1 Å². The Labute approximate surface area is 246 Å². The van der Waals surface area contributed by atoms with E-state index in [1.165, 1.54) is 34.4 Å². The summed E-state index contributed by atoms with van der Waals surface area (Å²) in [6.45, 7) is 25.4. The second kappa shape index (κ2) is 11.5. The number of fused-ring (bicyclic) bond motifs is 1. The lowest BCUT2D eigenvalue weighted by molar-refractivity contribution is 0.105. The Bertz CT molecular complexity index is 1230. The van der Waals surface area contributed by atoms with Crippen LogP contribution in [0.25, 0.3) is 5.57 Å². The van der Waals surface area contributed by atoms with Crippen molar-refractivity contribution in [1.82, 2.24) is 4.98 Å². The quantitative estimate of drug-likeness (QED) is 0.326. The lowest BCUT2D eigenvalue weighted by atomic mass is 9.71. The number of nitrogens with zero attached hydrogens (tertiary/aromatic N) is 1. The average molecular weight is 562 g/mol. The fourth-order valence-electron chi connectivity index (χ4n) is 6.36. The third kappa shape index (κ3) is 6.50. The molecule has 4 rings (SSSR count). The summed E-state index contributed by atoms with van der Waals surface area (Å²) in [7, 11) is -2.06. The van der Waals surface area contributed by atoms with Crippen molar-refractivity contribution >= 4 is 13.9 Å². The predicted octanol–water partition coefficient (Wildman–Crippen LogP) is 10.1. The van der Waals surface area contributed by atoms with E-state index in [1.54, 1.807) is 0 Å². The van der Waals surface area contributed by atoms with Gasteiger partial charge in [-0.05, 0) is 96.2 Å². The van der Waals surface area contributed by atoms with Crippen LogP contribution in [0, 0.1) is 11.3 Å². The molecule has 220 valence electrons. The van der Waals surface area contributed by atoms with Crippen LogP contribution in [0.4, 0.5) is 0 Å². The van der Waals surface area contributed by atoms with Gasteiger partial charge in [-0.3, -0.25) is 4.98 Å². The normalized spacial score (nSPS) is 20.1. The molecule has 0 bridgehead atoms. The first kappa shape index (κ1) is 31.2. The van der Waals surface area contributed by atoms with Crippen molar-refractivity contribution < 1.29 is 9.53 Å². The minimum Gasteiger partial charge on any atom is -0.410 e. The van der Waals surface area contributed by atoms with Crippen molar-refractivity contribution in [2.45, 2.75) is 137 Å². The number of benzene rings is 1. The summed E-state index contributed by atoms with van der Waals surface area (Å²) in [5.74, 6) is 0.817. The summed E-state index contributed by atoms with van der Waals surface area (Å²) in [6, 6.07) is 8.65. The Morgan fingerprint density at radius 3 is 2.25 bits per heavy atom. The maximum absolute atomic E-state index is 12.2. The van der Waals surface area contributed by atoms with Crippen molar-refractivity contribution in [3.05, 3.63) is 69.5 Å². The molecule has 0 aliphatic heterocycles. The highest BCUT2D eigenvalue weighted by molar-refractivity contribution is 6.74. The number of hydrogen-bond acceptors (Lipinski definition) is 3. The molecule has 1 N–H and O–H groups in total. The van der Waals surface area contributed by atoms with Gasteiger partial charge in [-0.15, -0.1) is 0 Å². The molecule has 4 heteroatoms. The average Bonchev–Trinajstić information content (AvgIpc) is 3.35. The van der Waals surface area contributed by atoms with Crippen LogP contribution in [0.5, 0.6) is 0 Å². The van der Waals surface area contributed by atoms with Gasteiger partial charge in [-0.25, -0.2) is 0 Å². The first-order valence-electron chi connectivity index (χ1n) is 15.7. The Kier molecular flexibility index (Phi) is 8.96. The standard InChI is InChI=1S/C36H55NO2Si/c1-23(2)20-25-16-18-27(19-17-25)34(38)32-30(26-14-12-13-15-26)31-28(37-33(32)24(3)4)21-36(8,9)22-29(31)39-40(10,11)35(5,6)7/h14,16-19,23-24,29,34,38H,12-13,15,20-22H2,1-11H3/t29?,34-/m1/s1. The van der Waals surface area contributed by atoms with Crippen LogP contribution in [0.3, 0.4) is 0 Å². The van der Waals surface area contributed by atoms with Crippen LogP contribution in [0.15, 0.2) is 30.3 Å². The first-order valence-corrected chi connectivity index (χ1v) is 18.6. The van der Waals surface area contributed by atoms with E-state index in [9.17, 15) is 5.11 Å². The van der Waals surface area contributed by atoms with Gasteiger partial charge in [0.25, 0.3) is 0 Å². The third-order valence-electron chi connectivity index (χ3n) is 9.45. The monoisotopic (exact) mass is 561 g/mol. The van der Waals surface area contributed by atoms with Crippen molar-refractivity contribution in [3.63, 3.8) is 0 Å². The zero-order chi connectivity index (χ0) is 29.6. The fourth-order valence-corrected chi connectivity index (χ4v) is 7.63. The van der Waals surface area contributed by atoms with E-state index < -0.39 is 14.4 Å². The highest BCUT2D eigenvalue weighted by Gasteiger charge is 2.45. The number of hydrogen-bond donors (Lipinski definition) is 1. The Morgan fingerprint density at radius 1 is 1.07 bits per heavy atom. The van der Waals surface area contributed by atoms with Crippen molar-refractivity contribution in [2.24, 2.45) is 11.3 Å². The number of aliphatic hydroxyl groups excluding tert-OH is 1. The minimum atomic E-state index is -2.06. The lowest BCUT2D eigenvalue weighted by Crippen LogP contribution is -2.44. The van der Waals surface area contributed by atoms with Crippen molar-refractivity contribution in [2.75, 3.05) is 0 Å². The van der Waals surface area contributed by atoms with E-state index in [1.807, 2.05) is 0 Å². The molecule has 1 aromatic carbocycles. The molecule has 1 heterocycles. The molecule has 1 aromatic heterocycles. The molecule has 2 aromatic rings. The highest BCUT2D eigenvalue weighted by Crippen LogP contribution is 2.52. The van der Waals surface area contributed by atoms with Crippen LogP contribution < -0.4 is 0 Å². The van der Waals surface area contributed by atoms with Gasteiger partial charge in [0.15, 0.2) is 8.32 Å². The number of aliphatic hydroxyl groups is 1. The molecular formula is C36H55NO2Si. The van der Waals surface area contributed by atoms with E-state index in [0.29, 0.717) is 5.92 Å². The van der Waals surface area contributed by atoms with Gasteiger partial charge in [-0.2, -0.15) is 0 Å². The van der Waals surface area contributed by atoms with E-state index >= 15 is 0 Å². The summed E-state index contributed by atoms with van der Waals surface area (Å²) in [6.07, 6.45) is 7.99. The summed E-state index contributed by atoms with van der Waals surface area (Å²) >= 11 is 0. The fraction of sp³-hybridized carbons (Fsp3) is 0.639. The maximum Gasteiger partial charge on any atom is 0.192 e. The molecule has 2 atom stereocenters. The van der Waals surface area contributed by atoms with Gasteiger partial charge in [0.1, 0.15) is 6.10 Å². The van der Waals surface area contributed by atoms with Gasteiger partial charge in [0.05, 0.1) is 6.10 Å².